The highest BCUT2D eigenvalue weighted by molar-refractivity contribution is 7.89. The van der Waals surface area contributed by atoms with Crippen molar-refractivity contribution in [3.05, 3.63) is 29.6 Å². The molecule has 2 N–H and O–H groups in total. The maximum absolute atomic E-state index is 13.4. The van der Waals surface area contributed by atoms with E-state index in [-0.39, 0.29) is 17.5 Å². The molecule has 0 amide bonds. The summed E-state index contributed by atoms with van der Waals surface area (Å²) in [6.07, 6.45) is 0. The smallest absolute Gasteiger partial charge is 0.241 e. The minimum atomic E-state index is -3.78. The first-order chi connectivity index (χ1) is 9.90. The number of benzene rings is 1. The summed E-state index contributed by atoms with van der Waals surface area (Å²) in [6.45, 7) is 7.31. The maximum Gasteiger partial charge on any atom is 0.241 e. The van der Waals surface area contributed by atoms with E-state index in [4.69, 9.17) is 4.74 Å². The van der Waals surface area contributed by atoms with Gasteiger partial charge >= 0.3 is 0 Å². The zero-order chi connectivity index (χ0) is 15.9. The Hall–Kier alpha value is -1.02. The fourth-order valence-electron chi connectivity index (χ4n) is 1.84. The minimum absolute atomic E-state index is 0.0354. The van der Waals surface area contributed by atoms with Crippen LogP contribution in [-0.4, -0.2) is 34.2 Å². The molecule has 0 aliphatic heterocycles. The lowest BCUT2D eigenvalue weighted by atomic mass is 10.2. The Morgan fingerprint density at radius 2 is 2.05 bits per heavy atom. The van der Waals surface area contributed by atoms with E-state index in [0.717, 1.165) is 6.07 Å². The van der Waals surface area contributed by atoms with Crippen molar-refractivity contribution in [3.63, 3.8) is 0 Å². The summed E-state index contributed by atoms with van der Waals surface area (Å²) in [5.41, 5.74) is 0.536. The Balaban J connectivity index is 2.97. The molecule has 7 heteroatoms. The fourth-order valence-corrected chi connectivity index (χ4v) is 3.32. The van der Waals surface area contributed by atoms with Gasteiger partial charge in [0.2, 0.25) is 10.0 Å². The summed E-state index contributed by atoms with van der Waals surface area (Å²) >= 11 is 0. The largest absolute Gasteiger partial charge is 0.380 e. The predicted octanol–water partition coefficient (Wildman–Crippen LogP) is 1.64. The molecule has 1 aromatic carbocycles. The van der Waals surface area contributed by atoms with Gasteiger partial charge in [0, 0.05) is 19.2 Å². The van der Waals surface area contributed by atoms with Crippen LogP contribution in [0.3, 0.4) is 0 Å². The zero-order valence-electron chi connectivity index (χ0n) is 12.6. The summed E-state index contributed by atoms with van der Waals surface area (Å²) in [5, 5.41) is 3.04. The van der Waals surface area contributed by atoms with E-state index in [1.54, 1.807) is 6.92 Å². The summed E-state index contributed by atoms with van der Waals surface area (Å²) in [7, 11) is -3.78. The van der Waals surface area contributed by atoms with E-state index >= 15 is 0 Å². The molecular weight excluding hydrogens is 295 g/mol. The highest BCUT2D eigenvalue weighted by Crippen LogP contribution is 2.17. The van der Waals surface area contributed by atoms with Gasteiger partial charge in [0.1, 0.15) is 5.82 Å². The number of hydrogen-bond acceptors (Lipinski definition) is 4. The molecule has 1 rings (SSSR count). The first kappa shape index (κ1) is 18.0. The zero-order valence-corrected chi connectivity index (χ0v) is 13.5. The molecule has 0 fully saturated rings. The number of nitrogens with one attached hydrogen (secondary N) is 2. The van der Waals surface area contributed by atoms with E-state index in [9.17, 15) is 12.8 Å². The van der Waals surface area contributed by atoms with Gasteiger partial charge in [-0.15, -0.1) is 0 Å². The third-order valence-corrected chi connectivity index (χ3v) is 4.48. The van der Waals surface area contributed by atoms with Crippen molar-refractivity contribution in [2.45, 2.75) is 38.3 Å². The number of halogens is 1. The summed E-state index contributed by atoms with van der Waals surface area (Å²) in [5.74, 6) is -0.576. The van der Waals surface area contributed by atoms with Gasteiger partial charge in [-0.1, -0.05) is 13.0 Å². The van der Waals surface area contributed by atoms with Crippen molar-refractivity contribution in [1.82, 2.24) is 10.0 Å². The van der Waals surface area contributed by atoms with Gasteiger partial charge in [0.05, 0.1) is 11.5 Å². The molecule has 0 spiro atoms. The molecule has 1 aromatic rings. The van der Waals surface area contributed by atoms with Gasteiger partial charge in [-0.2, -0.15) is 0 Å². The number of ether oxygens (including phenoxy) is 1. The monoisotopic (exact) mass is 318 g/mol. The molecule has 120 valence electrons. The van der Waals surface area contributed by atoms with Crippen molar-refractivity contribution in [1.29, 1.82) is 0 Å². The summed E-state index contributed by atoms with van der Waals surface area (Å²) in [4.78, 5) is -0.0354. The first-order valence-corrected chi connectivity index (χ1v) is 8.48. The SMILES string of the molecule is CCNCc1ccc(F)cc1S(=O)(=O)NC(C)COCC. The van der Waals surface area contributed by atoms with E-state index in [1.165, 1.54) is 12.1 Å². The minimum Gasteiger partial charge on any atom is -0.380 e. The molecule has 0 heterocycles. The van der Waals surface area contributed by atoms with Crippen molar-refractivity contribution >= 4 is 10.0 Å². The molecule has 5 nitrogen and oxygen atoms in total. The maximum atomic E-state index is 13.4. The lowest BCUT2D eigenvalue weighted by Crippen LogP contribution is -2.36. The molecule has 0 bridgehead atoms. The highest BCUT2D eigenvalue weighted by atomic mass is 32.2. The van der Waals surface area contributed by atoms with Crippen LogP contribution in [0.1, 0.15) is 26.3 Å². The molecule has 1 atom stereocenters. The fraction of sp³-hybridized carbons (Fsp3) is 0.571. The van der Waals surface area contributed by atoms with Crippen LogP contribution in [0.4, 0.5) is 4.39 Å². The molecular formula is C14H23FN2O3S. The van der Waals surface area contributed by atoms with E-state index in [2.05, 4.69) is 10.0 Å². The molecule has 0 aromatic heterocycles. The van der Waals surface area contributed by atoms with Crippen molar-refractivity contribution in [3.8, 4) is 0 Å². The van der Waals surface area contributed by atoms with Gasteiger partial charge in [-0.3, -0.25) is 0 Å². The van der Waals surface area contributed by atoms with Crippen molar-refractivity contribution in [2.75, 3.05) is 19.8 Å². The Morgan fingerprint density at radius 1 is 1.33 bits per heavy atom. The Kier molecular flexibility index (Phi) is 7.24. The molecule has 21 heavy (non-hydrogen) atoms. The Morgan fingerprint density at radius 3 is 2.67 bits per heavy atom. The first-order valence-electron chi connectivity index (χ1n) is 7.00. The lowest BCUT2D eigenvalue weighted by Gasteiger charge is -2.16. The second-order valence-electron chi connectivity index (χ2n) is 4.71. The number of sulfonamides is 1. The van der Waals surface area contributed by atoms with Gasteiger partial charge in [-0.25, -0.2) is 17.5 Å². The van der Waals surface area contributed by atoms with Crippen molar-refractivity contribution < 1.29 is 17.5 Å². The van der Waals surface area contributed by atoms with Crippen LogP contribution in [0.25, 0.3) is 0 Å². The second-order valence-corrected chi connectivity index (χ2v) is 6.40. The lowest BCUT2D eigenvalue weighted by molar-refractivity contribution is 0.133. The normalized spacial score (nSPS) is 13.3. The van der Waals surface area contributed by atoms with Crippen LogP contribution >= 0.6 is 0 Å². The second kappa shape index (κ2) is 8.43. The summed E-state index contributed by atoms with van der Waals surface area (Å²) < 4.78 is 45.9. The van der Waals surface area contributed by atoms with Crippen LogP contribution in [0.15, 0.2) is 23.1 Å². The molecule has 0 radical (unpaired) electrons. The van der Waals surface area contributed by atoms with Crippen LogP contribution < -0.4 is 10.0 Å². The number of hydrogen-bond donors (Lipinski definition) is 2. The topological polar surface area (TPSA) is 67.4 Å². The van der Waals surface area contributed by atoms with Crippen LogP contribution in [0.2, 0.25) is 0 Å². The van der Waals surface area contributed by atoms with Crippen LogP contribution in [0.5, 0.6) is 0 Å². The highest BCUT2D eigenvalue weighted by Gasteiger charge is 2.21. The number of rotatable bonds is 9. The Labute approximate surface area is 125 Å². The molecule has 0 saturated carbocycles. The standard InChI is InChI=1S/C14H23FN2O3S/c1-4-16-9-12-6-7-13(15)8-14(12)21(18,19)17-11(3)10-20-5-2/h6-8,11,16-17H,4-5,9-10H2,1-3H3. The predicted molar refractivity (Wildman–Crippen MR) is 80.1 cm³/mol. The quantitative estimate of drug-likeness (QED) is 0.726. The molecule has 1 unspecified atom stereocenters. The van der Waals surface area contributed by atoms with Crippen LogP contribution in [0, 0.1) is 5.82 Å². The molecule has 0 aliphatic rings. The van der Waals surface area contributed by atoms with Gasteiger partial charge in [0.25, 0.3) is 0 Å². The average molecular weight is 318 g/mol. The molecule has 0 aliphatic carbocycles. The van der Waals surface area contributed by atoms with Gasteiger partial charge in [-0.05, 0) is 38.1 Å². The van der Waals surface area contributed by atoms with E-state index in [0.29, 0.717) is 25.3 Å². The van der Waals surface area contributed by atoms with Crippen LogP contribution in [-0.2, 0) is 21.3 Å². The van der Waals surface area contributed by atoms with Crippen molar-refractivity contribution in [2.24, 2.45) is 0 Å². The van der Waals surface area contributed by atoms with E-state index in [1.807, 2.05) is 13.8 Å². The third kappa shape index (κ3) is 5.70. The summed E-state index contributed by atoms with van der Waals surface area (Å²) in [6, 6.07) is 3.41. The van der Waals surface area contributed by atoms with Gasteiger partial charge in [0.15, 0.2) is 0 Å². The molecule has 0 saturated heterocycles. The average Bonchev–Trinajstić information content (AvgIpc) is 2.43. The van der Waals surface area contributed by atoms with E-state index < -0.39 is 15.8 Å². The third-order valence-electron chi connectivity index (χ3n) is 2.81. The Bertz CT molecular complexity index is 549. The van der Waals surface area contributed by atoms with Gasteiger partial charge < -0.3 is 10.1 Å².